The molecule has 0 aliphatic carbocycles. The van der Waals surface area contributed by atoms with Crippen LogP contribution in [0.2, 0.25) is 0 Å². The summed E-state index contributed by atoms with van der Waals surface area (Å²) in [7, 11) is 0. The van der Waals surface area contributed by atoms with Crippen molar-refractivity contribution >= 4 is 35.7 Å². The molecule has 1 heterocycles. The van der Waals surface area contributed by atoms with Crippen LogP contribution >= 0.6 is 35.7 Å². The minimum absolute atomic E-state index is 0.817. The highest BCUT2D eigenvalue weighted by Crippen LogP contribution is 2.21. The molecule has 0 atom stereocenters. The molecule has 0 bridgehead atoms. The maximum Gasteiger partial charge on any atom is 0.150 e. The maximum absolute atomic E-state index is 4.34. The summed E-state index contributed by atoms with van der Waals surface area (Å²) in [5.74, 6) is 1.81. The fourth-order valence-electron chi connectivity index (χ4n) is 0.661. The van der Waals surface area contributed by atoms with Gasteiger partial charge in [-0.1, -0.05) is 23.9 Å². The van der Waals surface area contributed by atoms with Crippen molar-refractivity contribution in [2.75, 3.05) is 11.5 Å². The summed E-state index contributed by atoms with van der Waals surface area (Å²) in [4.78, 5) is 4.34. The minimum Gasteiger partial charge on any atom is -0.235 e. The largest absolute Gasteiger partial charge is 0.235 e. The maximum atomic E-state index is 4.34. The van der Waals surface area contributed by atoms with Gasteiger partial charge in [-0.25, -0.2) is 4.98 Å². The summed E-state index contributed by atoms with van der Waals surface area (Å²) in [6.45, 7) is 2.02. The molecule has 0 saturated heterocycles. The van der Waals surface area contributed by atoms with Gasteiger partial charge in [-0.3, -0.25) is 0 Å². The van der Waals surface area contributed by atoms with E-state index in [9.17, 15) is 0 Å². The summed E-state index contributed by atoms with van der Waals surface area (Å²) >= 11 is 7.55. The van der Waals surface area contributed by atoms with Gasteiger partial charge in [0.2, 0.25) is 0 Å². The Morgan fingerprint density at radius 3 is 3.08 bits per heavy atom. The van der Waals surface area contributed by atoms with Crippen LogP contribution in [-0.4, -0.2) is 16.5 Å². The molecule has 1 nitrogen and oxygen atoms in total. The van der Waals surface area contributed by atoms with Crippen molar-refractivity contribution in [3.8, 4) is 0 Å². The molecule has 66 valence electrons. The van der Waals surface area contributed by atoms with Crippen molar-refractivity contribution in [3.05, 3.63) is 23.2 Å². The second-order valence-corrected chi connectivity index (χ2v) is 4.71. The highest BCUT2D eigenvalue weighted by Gasteiger charge is 1.95. The lowest BCUT2D eigenvalue weighted by atomic mass is 10.6. The zero-order chi connectivity index (χ0) is 8.81. The summed E-state index contributed by atoms with van der Waals surface area (Å²) in [5, 5.41) is 2.07. The molecule has 0 aromatic carbocycles. The highest BCUT2D eigenvalue weighted by molar-refractivity contribution is 8.01. The molecular formula is C8H11NS3. The van der Waals surface area contributed by atoms with E-state index in [1.54, 1.807) is 23.1 Å². The van der Waals surface area contributed by atoms with Crippen LogP contribution in [0.25, 0.3) is 0 Å². The molecular weight excluding hydrogens is 206 g/mol. The van der Waals surface area contributed by atoms with Crippen molar-refractivity contribution in [2.45, 2.75) is 11.3 Å². The van der Waals surface area contributed by atoms with E-state index in [4.69, 9.17) is 0 Å². The number of thioether (sulfide) groups is 1. The summed E-state index contributed by atoms with van der Waals surface area (Å²) in [5.41, 5.74) is 1.11. The molecule has 0 fully saturated rings. The average molecular weight is 217 g/mol. The van der Waals surface area contributed by atoms with E-state index in [-0.39, 0.29) is 0 Å². The molecule has 12 heavy (non-hydrogen) atoms. The molecule has 0 saturated carbocycles. The first kappa shape index (κ1) is 10.2. The standard InChI is InChI=1S/C8H11NS3/c1-7-6-12-8(9-7)11-5-3-2-4-10/h2-3,6,10H,4-5H2,1H3. The van der Waals surface area contributed by atoms with Crippen LogP contribution in [0, 0.1) is 6.92 Å². The zero-order valence-corrected chi connectivity index (χ0v) is 9.38. The van der Waals surface area contributed by atoms with Crippen molar-refractivity contribution < 1.29 is 0 Å². The lowest BCUT2D eigenvalue weighted by Gasteiger charge is -1.88. The highest BCUT2D eigenvalue weighted by atomic mass is 32.2. The van der Waals surface area contributed by atoms with E-state index in [0.29, 0.717) is 0 Å². The van der Waals surface area contributed by atoms with Crippen molar-refractivity contribution in [1.82, 2.24) is 4.98 Å². The molecule has 4 heteroatoms. The van der Waals surface area contributed by atoms with Gasteiger partial charge >= 0.3 is 0 Å². The van der Waals surface area contributed by atoms with Gasteiger partial charge < -0.3 is 0 Å². The molecule has 0 aliphatic heterocycles. The predicted molar refractivity (Wildman–Crippen MR) is 60.6 cm³/mol. The van der Waals surface area contributed by atoms with Crippen LogP contribution in [0.1, 0.15) is 5.69 Å². The van der Waals surface area contributed by atoms with Gasteiger partial charge in [0.15, 0.2) is 0 Å². The quantitative estimate of drug-likeness (QED) is 0.473. The summed E-state index contributed by atoms with van der Waals surface area (Å²) < 4.78 is 1.15. The smallest absolute Gasteiger partial charge is 0.150 e. The second-order valence-electron chi connectivity index (χ2n) is 2.22. The van der Waals surface area contributed by atoms with E-state index >= 15 is 0 Å². The SMILES string of the molecule is Cc1csc(SCC=CCS)n1. The first-order chi connectivity index (χ1) is 5.83. The van der Waals surface area contributed by atoms with E-state index in [1.165, 1.54) is 0 Å². The Morgan fingerprint density at radius 1 is 1.67 bits per heavy atom. The number of hydrogen-bond donors (Lipinski definition) is 1. The Bertz CT molecular complexity index is 255. The summed E-state index contributed by atoms with van der Waals surface area (Å²) in [6, 6.07) is 0. The van der Waals surface area contributed by atoms with Gasteiger partial charge in [-0.05, 0) is 6.92 Å². The molecule has 1 aromatic rings. The molecule has 0 aliphatic rings. The van der Waals surface area contributed by atoms with Gasteiger partial charge in [0.25, 0.3) is 0 Å². The molecule has 1 rings (SSSR count). The Morgan fingerprint density at radius 2 is 2.50 bits per heavy atom. The van der Waals surface area contributed by atoms with Crippen LogP contribution in [0.3, 0.4) is 0 Å². The molecule has 0 N–H and O–H groups in total. The van der Waals surface area contributed by atoms with Crippen LogP contribution in [-0.2, 0) is 0 Å². The van der Waals surface area contributed by atoms with E-state index < -0.39 is 0 Å². The van der Waals surface area contributed by atoms with Crippen molar-refractivity contribution in [1.29, 1.82) is 0 Å². The van der Waals surface area contributed by atoms with Gasteiger partial charge in [0.1, 0.15) is 4.34 Å². The van der Waals surface area contributed by atoms with E-state index in [1.807, 2.05) is 6.92 Å². The third kappa shape index (κ3) is 3.65. The number of aromatic nitrogens is 1. The topological polar surface area (TPSA) is 12.9 Å². The third-order valence-corrected chi connectivity index (χ3v) is 3.48. The Balaban J connectivity index is 2.28. The van der Waals surface area contributed by atoms with Gasteiger partial charge in [0.05, 0.1) is 0 Å². The number of aryl methyl sites for hydroxylation is 1. The fourth-order valence-corrected chi connectivity index (χ4v) is 2.53. The first-order valence-electron chi connectivity index (χ1n) is 3.63. The van der Waals surface area contributed by atoms with E-state index in [0.717, 1.165) is 21.5 Å². The number of thiol groups is 1. The van der Waals surface area contributed by atoms with Crippen LogP contribution < -0.4 is 0 Å². The average Bonchev–Trinajstić information content (AvgIpc) is 2.45. The minimum atomic E-state index is 0.817. The monoisotopic (exact) mass is 217 g/mol. The molecule has 0 unspecified atom stereocenters. The van der Waals surface area contributed by atoms with Gasteiger partial charge in [-0.15, -0.1) is 11.3 Å². The van der Waals surface area contributed by atoms with Crippen LogP contribution in [0.4, 0.5) is 0 Å². The van der Waals surface area contributed by atoms with Gasteiger partial charge in [-0.2, -0.15) is 12.6 Å². The number of thiazole rings is 1. The van der Waals surface area contributed by atoms with Crippen LogP contribution in [0.15, 0.2) is 21.9 Å². The number of nitrogens with zero attached hydrogens (tertiary/aromatic N) is 1. The fraction of sp³-hybridized carbons (Fsp3) is 0.375. The molecule has 0 spiro atoms. The Kier molecular flexibility index (Phi) is 4.80. The first-order valence-corrected chi connectivity index (χ1v) is 6.13. The van der Waals surface area contributed by atoms with Crippen LogP contribution in [0.5, 0.6) is 0 Å². The zero-order valence-electron chi connectivity index (χ0n) is 6.86. The molecule has 1 aromatic heterocycles. The molecule has 0 radical (unpaired) electrons. The Labute approximate surface area is 86.7 Å². The lowest BCUT2D eigenvalue weighted by molar-refractivity contribution is 1.16. The van der Waals surface area contributed by atoms with Crippen molar-refractivity contribution in [3.63, 3.8) is 0 Å². The summed E-state index contributed by atoms with van der Waals surface area (Å²) in [6.07, 6.45) is 4.17. The Hall–Kier alpha value is 0.0700. The van der Waals surface area contributed by atoms with Gasteiger partial charge in [0, 0.05) is 22.6 Å². The van der Waals surface area contributed by atoms with E-state index in [2.05, 4.69) is 35.1 Å². The predicted octanol–water partition coefficient (Wildman–Crippen LogP) is 3.03. The lowest BCUT2D eigenvalue weighted by Crippen LogP contribution is -1.73. The van der Waals surface area contributed by atoms with Crippen molar-refractivity contribution in [2.24, 2.45) is 0 Å². The normalized spacial score (nSPS) is 11.2. The molecule has 0 amide bonds. The number of rotatable bonds is 4. The number of hydrogen-bond acceptors (Lipinski definition) is 4. The third-order valence-electron chi connectivity index (χ3n) is 1.17. The second kappa shape index (κ2) is 5.67.